The van der Waals surface area contributed by atoms with Gasteiger partial charge in [0.15, 0.2) is 23.0 Å². The SMILES string of the molecule is CCCOc1ccc(C(C)NS(=O)(=O)c2ccc(OC)c(OC)c2)cc1OCCC. The van der Waals surface area contributed by atoms with Crippen molar-refractivity contribution in [2.75, 3.05) is 27.4 Å². The van der Waals surface area contributed by atoms with E-state index in [-0.39, 0.29) is 4.90 Å². The molecule has 0 spiro atoms. The van der Waals surface area contributed by atoms with Gasteiger partial charge in [-0.25, -0.2) is 13.1 Å². The van der Waals surface area contributed by atoms with Crippen LogP contribution in [0.2, 0.25) is 0 Å². The minimum absolute atomic E-state index is 0.0948. The molecule has 0 amide bonds. The molecular formula is C22H31NO6S. The Bertz CT molecular complexity index is 929. The minimum Gasteiger partial charge on any atom is -0.493 e. The van der Waals surface area contributed by atoms with E-state index in [1.54, 1.807) is 13.0 Å². The van der Waals surface area contributed by atoms with Gasteiger partial charge in [-0.05, 0) is 49.6 Å². The maximum absolute atomic E-state index is 12.9. The maximum Gasteiger partial charge on any atom is 0.241 e. The predicted molar refractivity (Wildman–Crippen MR) is 116 cm³/mol. The first-order chi connectivity index (χ1) is 14.4. The van der Waals surface area contributed by atoms with Gasteiger partial charge in [0.05, 0.1) is 32.3 Å². The molecule has 8 heteroatoms. The average molecular weight is 438 g/mol. The molecule has 1 atom stereocenters. The molecule has 0 bridgehead atoms. The summed E-state index contributed by atoms with van der Waals surface area (Å²) in [5.74, 6) is 2.08. The van der Waals surface area contributed by atoms with Gasteiger partial charge in [-0.15, -0.1) is 0 Å². The third-order valence-electron chi connectivity index (χ3n) is 4.39. The highest BCUT2D eigenvalue weighted by atomic mass is 32.2. The molecule has 0 radical (unpaired) electrons. The molecule has 1 N–H and O–H groups in total. The number of sulfonamides is 1. The van der Waals surface area contributed by atoms with Crippen molar-refractivity contribution < 1.29 is 27.4 Å². The molecule has 166 valence electrons. The fourth-order valence-electron chi connectivity index (χ4n) is 2.80. The van der Waals surface area contributed by atoms with Crippen molar-refractivity contribution in [1.29, 1.82) is 0 Å². The molecule has 0 heterocycles. The lowest BCUT2D eigenvalue weighted by Gasteiger charge is -2.18. The summed E-state index contributed by atoms with van der Waals surface area (Å²) in [6, 6.07) is 9.48. The fraction of sp³-hybridized carbons (Fsp3) is 0.455. The highest BCUT2D eigenvalue weighted by Crippen LogP contribution is 2.33. The number of rotatable bonds is 12. The molecule has 0 aliphatic heterocycles. The van der Waals surface area contributed by atoms with Gasteiger partial charge in [0.25, 0.3) is 0 Å². The second kappa shape index (κ2) is 11.1. The zero-order chi connectivity index (χ0) is 22.1. The Morgan fingerprint density at radius 2 is 1.43 bits per heavy atom. The summed E-state index contributed by atoms with van der Waals surface area (Å²) < 4.78 is 50.4. The lowest BCUT2D eigenvalue weighted by molar-refractivity contribution is 0.268. The van der Waals surface area contributed by atoms with Gasteiger partial charge in [0.1, 0.15) is 0 Å². The minimum atomic E-state index is -3.78. The molecule has 1 unspecified atom stereocenters. The predicted octanol–water partition coefficient (Wildman–Crippen LogP) is 4.32. The van der Waals surface area contributed by atoms with E-state index in [1.165, 1.54) is 26.4 Å². The highest BCUT2D eigenvalue weighted by molar-refractivity contribution is 7.89. The normalized spacial score (nSPS) is 12.3. The number of methoxy groups -OCH3 is 2. The van der Waals surface area contributed by atoms with E-state index in [0.29, 0.717) is 36.2 Å². The summed E-state index contributed by atoms with van der Waals surface area (Å²) in [4.78, 5) is 0.0948. The molecule has 0 aliphatic carbocycles. The summed E-state index contributed by atoms with van der Waals surface area (Å²) in [5.41, 5.74) is 0.772. The van der Waals surface area contributed by atoms with E-state index in [9.17, 15) is 8.42 Å². The van der Waals surface area contributed by atoms with Gasteiger partial charge in [0.2, 0.25) is 10.0 Å². The first-order valence-electron chi connectivity index (χ1n) is 10.00. The van der Waals surface area contributed by atoms with E-state index in [2.05, 4.69) is 4.72 Å². The molecule has 2 aromatic rings. The van der Waals surface area contributed by atoms with Gasteiger partial charge >= 0.3 is 0 Å². The first-order valence-corrected chi connectivity index (χ1v) is 11.5. The lowest BCUT2D eigenvalue weighted by atomic mass is 10.1. The summed E-state index contributed by atoms with van der Waals surface area (Å²) in [5, 5.41) is 0. The molecule has 0 aromatic heterocycles. The molecule has 2 aromatic carbocycles. The topological polar surface area (TPSA) is 83.1 Å². The number of ether oxygens (including phenoxy) is 4. The Hall–Kier alpha value is -2.45. The van der Waals surface area contributed by atoms with Gasteiger partial charge in [-0.2, -0.15) is 0 Å². The van der Waals surface area contributed by atoms with Crippen LogP contribution in [0.5, 0.6) is 23.0 Å². The van der Waals surface area contributed by atoms with Crippen LogP contribution in [0.1, 0.15) is 45.2 Å². The Balaban J connectivity index is 2.26. The van der Waals surface area contributed by atoms with Gasteiger partial charge in [-0.1, -0.05) is 19.9 Å². The maximum atomic E-state index is 12.9. The molecular weight excluding hydrogens is 406 g/mol. The van der Waals surface area contributed by atoms with Crippen molar-refractivity contribution in [3.05, 3.63) is 42.0 Å². The molecule has 7 nitrogen and oxygen atoms in total. The molecule has 0 saturated heterocycles. The zero-order valence-electron chi connectivity index (χ0n) is 18.2. The number of hydrogen-bond acceptors (Lipinski definition) is 6. The summed E-state index contributed by atoms with van der Waals surface area (Å²) >= 11 is 0. The molecule has 0 aliphatic rings. The number of nitrogens with one attached hydrogen (secondary N) is 1. The van der Waals surface area contributed by atoms with E-state index >= 15 is 0 Å². The van der Waals surface area contributed by atoms with Crippen LogP contribution in [0.15, 0.2) is 41.3 Å². The van der Waals surface area contributed by atoms with Crippen LogP contribution in [0, 0.1) is 0 Å². The van der Waals surface area contributed by atoms with Crippen molar-refractivity contribution in [2.45, 2.75) is 44.6 Å². The standard InChI is InChI=1S/C22H31NO6S/c1-6-12-28-20-10-8-17(14-22(20)29-13-7-2)16(3)23-30(24,25)18-9-11-19(26-4)21(15-18)27-5/h8-11,14-16,23H,6-7,12-13H2,1-5H3. The van der Waals surface area contributed by atoms with Crippen LogP contribution >= 0.6 is 0 Å². The second-order valence-corrected chi connectivity index (χ2v) is 8.48. The number of benzene rings is 2. The third kappa shape index (κ3) is 6.03. The van der Waals surface area contributed by atoms with Crippen molar-refractivity contribution in [1.82, 2.24) is 4.72 Å². The van der Waals surface area contributed by atoms with Crippen LogP contribution in [0.25, 0.3) is 0 Å². The van der Waals surface area contributed by atoms with E-state index in [0.717, 1.165) is 18.4 Å². The van der Waals surface area contributed by atoms with E-state index in [1.807, 2.05) is 32.0 Å². The monoisotopic (exact) mass is 437 g/mol. The van der Waals surface area contributed by atoms with Crippen molar-refractivity contribution >= 4 is 10.0 Å². The Morgan fingerprint density at radius 1 is 0.833 bits per heavy atom. The van der Waals surface area contributed by atoms with Crippen LogP contribution in [-0.4, -0.2) is 35.9 Å². The average Bonchev–Trinajstić information content (AvgIpc) is 2.75. The quantitative estimate of drug-likeness (QED) is 0.532. The van der Waals surface area contributed by atoms with Gasteiger partial charge < -0.3 is 18.9 Å². The summed E-state index contributed by atoms with van der Waals surface area (Å²) in [7, 11) is -0.816. The van der Waals surface area contributed by atoms with Gasteiger partial charge in [0, 0.05) is 12.1 Å². The largest absolute Gasteiger partial charge is 0.493 e. The second-order valence-electron chi connectivity index (χ2n) is 6.76. The van der Waals surface area contributed by atoms with Crippen LogP contribution in [0.4, 0.5) is 0 Å². The molecule has 2 rings (SSSR count). The van der Waals surface area contributed by atoms with Gasteiger partial charge in [-0.3, -0.25) is 0 Å². The number of hydrogen-bond donors (Lipinski definition) is 1. The van der Waals surface area contributed by atoms with E-state index < -0.39 is 16.1 Å². The lowest BCUT2D eigenvalue weighted by Crippen LogP contribution is -2.27. The fourth-order valence-corrected chi connectivity index (χ4v) is 4.05. The summed E-state index contributed by atoms with van der Waals surface area (Å²) in [6.45, 7) is 6.98. The third-order valence-corrected chi connectivity index (χ3v) is 5.93. The zero-order valence-corrected chi connectivity index (χ0v) is 19.0. The Kier molecular flexibility index (Phi) is 8.80. The smallest absolute Gasteiger partial charge is 0.241 e. The molecule has 0 fully saturated rings. The van der Waals surface area contributed by atoms with Crippen LogP contribution < -0.4 is 23.7 Å². The van der Waals surface area contributed by atoms with E-state index in [4.69, 9.17) is 18.9 Å². The van der Waals surface area contributed by atoms with Crippen molar-refractivity contribution in [2.24, 2.45) is 0 Å². The Labute approximate surface area is 179 Å². The van der Waals surface area contributed by atoms with Crippen LogP contribution in [-0.2, 0) is 10.0 Å². The van der Waals surface area contributed by atoms with Crippen LogP contribution in [0.3, 0.4) is 0 Å². The molecule has 30 heavy (non-hydrogen) atoms. The summed E-state index contributed by atoms with van der Waals surface area (Å²) in [6.07, 6.45) is 1.75. The van der Waals surface area contributed by atoms with Crippen molar-refractivity contribution in [3.8, 4) is 23.0 Å². The molecule has 0 saturated carbocycles. The first kappa shape index (κ1) is 23.8. The van der Waals surface area contributed by atoms with Crippen molar-refractivity contribution in [3.63, 3.8) is 0 Å². The Morgan fingerprint density at radius 3 is 2.03 bits per heavy atom. The highest BCUT2D eigenvalue weighted by Gasteiger charge is 2.21.